The van der Waals surface area contributed by atoms with E-state index in [9.17, 15) is 14.9 Å². The van der Waals surface area contributed by atoms with Crippen LogP contribution in [-0.2, 0) is 6.16 Å². The van der Waals surface area contributed by atoms with Gasteiger partial charge in [-0.1, -0.05) is 0 Å². The van der Waals surface area contributed by atoms with Crippen molar-refractivity contribution in [2.75, 3.05) is 6.66 Å². The topological polar surface area (TPSA) is 69.9 Å². The molecule has 4 nitrogen and oxygen atoms in total. The zero-order chi connectivity index (χ0) is 18.1. The summed E-state index contributed by atoms with van der Waals surface area (Å²) in [6.07, 6.45) is 0.128. The molecule has 0 radical (unpaired) electrons. The molecule has 0 bridgehead atoms. The first-order chi connectivity index (χ1) is 11.1. The summed E-state index contributed by atoms with van der Waals surface area (Å²) in [6, 6.07) is 8.17. The Morgan fingerprint density at radius 3 is 2.17 bits per heavy atom. The summed E-state index contributed by atoms with van der Waals surface area (Å²) >= 11 is 12.5. The molecule has 0 atom stereocenters. The molecule has 0 aliphatic heterocycles. The summed E-state index contributed by atoms with van der Waals surface area (Å²) in [4.78, 5) is 19.2. The van der Waals surface area contributed by atoms with Gasteiger partial charge in [0.15, 0.2) is 0 Å². The van der Waals surface area contributed by atoms with Gasteiger partial charge in [0, 0.05) is 0 Å². The van der Waals surface area contributed by atoms with E-state index in [2.05, 4.69) is 0 Å². The van der Waals surface area contributed by atoms with Gasteiger partial charge in [-0.25, -0.2) is 0 Å². The Hall–Kier alpha value is -1.03. The Bertz CT molecular complexity index is 719. The fourth-order valence-corrected chi connectivity index (χ4v) is 3.96. The number of hydrogen-bond donors (Lipinski definition) is 3. The van der Waals surface area contributed by atoms with Crippen molar-refractivity contribution in [2.45, 2.75) is 25.9 Å². The molecule has 0 spiro atoms. The van der Waals surface area contributed by atoms with E-state index in [0.29, 0.717) is 17.1 Å². The maximum atomic E-state index is 9.87. The number of hydrogen-bond acceptors (Lipinski definition) is 4. The molecule has 2 aromatic rings. The van der Waals surface area contributed by atoms with Crippen LogP contribution in [0.15, 0.2) is 30.3 Å². The van der Waals surface area contributed by atoms with Crippen molar-refractivity contribution in [1.82, 2.24) is 0 Å². The van der Waals surface area contributed by atoms with Gasteiger partial charge >= 0.3 is 152 Å². The molecule has 0 saturated heterocycles. The molecular formula is C17H21Cl2O4P. The summed E-state index contributed by atoms with van der Waals surface area (Å²) in [6.45, 7) is 5.36. The number of rotatable bonds is 5. The summed E-state index contributed by atoms with van der Waals surface area (Å²) in [7, 11) is -3.25. The van der Waals surface area contributed by atoms with E-state index in [1.165, 1.54) is 6.66 Å². The van der Waals surface area contributed by atoms with Gasteiger partial charge in [-0.05, 0) is 0 Å². The van der Waals surface area contributed by atoms with Crippen molar-refractivity contribution in [3.05, 3.63) is 51.5 Å². The van der Waals surface area contributed by atoms with Crippen LogP contribution in [0, 0.1) is 0 Å². The summed E-state index contributed by atoms with van der Waals surface area (Å²) < 4.78 is 5.78. The van der Waals surface area contributed by atoms with Crippen molar-refractivity contribution in [1.29, 1.82) is 0 Å². The number of halogens is 2. The number of phenolic OH excluding ortho intramolecular Hbond substituents is 1. The third kappa shape index (κ3) is 4.98. The van der Waals surface area contributed by atoms with Crippen LogP contribution in [0.25, 0.3) is 0 Å². The van der Waals surface area contributed by atoms with Crippen LogP contribution in [0.2, 0.25) is 10.0 Å². The molecule has 3 N–H and O–H groups in total. The summed E-state index contributed by atoms with van der Waals surface area (Å²) in [5, 5.41) is 10.4. The predicted octanol–water partition coefficient (Wildman–Crippen LogP) is 5.31. The van der Waals surface area contributed by atoms with Crippen LogP contribution >= 0.6 is 30.9 Å². The van der Waals surface area contributed by atoms with E-state index in [-0.39, 0.29) is 27.9 Å². The second-order valence-corrected chi connectivity index (χ2v) is 9.86. The van der Waals surface area contributed by atoms with Crippen molar-refractivity contribution in [3.8, 4) is 17.2 Å². The Labute approximate surface area is 152 Å². The molecule has 0 aliphatic rings. The Morgan fingerprint density at radius 2 is 1.67 bits per heavy atom. The summed E-state index contributed by atoms with van der Waals surface area (Å²) in [5.41, 5.74) is 1.41. The van der Waals surface area contributed by atoms with E-state index in [0.717, 1.165) is 5.56 Å². The monoisotopic (exact) mass is 390 g/mol. The Balaban J connectivity index is 2.32. The van der Waals surface area contributed by atoms with Gasteiger partial charge in [0.1, 0.15) is 0 Å². The number of phenols is 1. The molecule has 0 amide bonds. The van der Waals surface area contributed by atoms with Gasteiger partial charge in [-0.3, -0.25) is 0 Å². The van der Waals surface area contributed by atoms with Gasteiger partial charge in [0.05, 0.1) is 0 Å². The van der Waals surface area contributed by atoms with E-state index in [1.807, 2.05) is 13.8 Å². The van der Waals surface area contributed by atoms with Crippen molar-refractivity contribution < 1.29 is 19.6 Å². The standard InChI is InChI=1S/C17H21Cl2O4P/c1-10(2)13-8-12(4-5-16(13)20)23-17-14(18)6-11(7-15(17)19)9-24(3,21)22/h4-8,10,20-22,24H,9H2,1-3H3. The average molecular weight is 391 g/mol. The fraction of sp³-hybridized carbons (Fsp3) is 0.294. The summed E-state index contributed by atoms with van der Waals surface area (Å²) in [5.74, 6) is 1.15. The Morgan fingerprint density at radius 1 is 1.08 bits per heavy atom. The van der Waals surface area contributed by atoms with E-state index in [1.54, 1.807) is 30.3 Å². The van der Waals surface area contributed by atoms with Crippen LogP contribution in [0.4, 0.5) is 0 Å². The zero-order valence-corrected chi connectivity index (χ0v) is 16.2. The maximum absolute atomic E-state index is 9.87. The number of aromatic hydroxyl groups is 1. The number of ether oxygens (including phenoxy) is 1. The van der Waals surface area contributed by atoms with Gasteiger partial charge in [0.2, 0.25) is 0 Å². The molecule has 0 saturated carbocycles. The van der Waals surface area contributed by atoms with Gasteiger partial charge in [-0.15, -0.1) is 0 Å². The molecule has 2 aromatic carbocycles. The minimum atomic E-state index is -3.25. The zero-order valence-electron chi connectivity index (χ0n) is 13.7. The van der Waals surface area contributed by atoms with Crippen LogP contribution in [0.1, 0.15) is 30.9 Å². The van der Waals surface area contributed by atoms with Crippen molar-refractivity contribution in [2.24, 2.45) is 0 Å². The molecule has 0 aromatic heterocycles. The van der Waals surface area contributed by atoms with Gasteiger partial charge < -0.3 is 0 Å². The van der Waals surface area contributed by atoms with Gasteiger partial charge in [0.25, 0.3) is 0 Å². The minimum absolute atomic E-state index is 0.128. The molecule has 2 rings (SSSR count). The third-order valence-electron chi connectivity index (χ3n) is 3.44. The molecule has 0 heterocycles. The fourth-order valence-electron chi connectivity index (χ4n) is 2.38. The first kappa shape index (κ1) is 19.3. The molecule has 7 heteroatoms. The van der Waals surface area contributed by atoms with Crippen LogP contribution < -0.4 is 4.74 Å². The molecule has 24 heavy (non-hydrogen) atoms. The normalized spacial score (nSPS) is 12.5. The van der Waals surface area contributed by atoms with E-state index in [4.69, 9.17) is 27.9 Å². The molecule has 0 fully saturated rings. The molecule has 132 valence electrons. The third-order valence-corrected chi connectivity index (χ3v) is 5.08. The van der Waals surface area contributed by atoms with Gasteiger partial charge in [-0.2, -0.15) is 0 Å². The van der Waals surface area contributed by atoms with Crippen molar-refractivity contribution in [3.63, 3.8) is 0 Å². The van der Waals surface area contributed by atoms with E-state index < -0.39 is 7.72 Å². The SMILES string of the molecule is CC(C)c1cc(Oc2c(Cl)cc(C[PH](C)(O)O)cc2Cl)ccc1O. The van der Waals surface area contributed by atoms with E-state index >= 15 is 0 Å². The average Bonchev–Trinajstić information content (AvgIpc) is 2.42. The second kappa shape index (κ2) is 7.47. The first-order valence-electron chi connectivity index (χ1n) is 7.50. The molecule has 0 aliphatic carbocycles. The van der Waals surface area contributed by atoms with Crippen molar-refractivity contribution >= 4 is 30.9 Å². The second-order valence-electron chi connectivity index (χ2n) is 6.26. The van der Waals surface area contributed by atoms with Crippen LogP contribution in [0.5, 0.6) is 17.2 Å². The number of benzene rings is 2. The first-order valence-corrected chi connectivity index (χ1v) is 10.9. The van der Waals surface area contributed by atoms with Crippen LogP contribution in [-0.4, -0.2) is 21.6 Å². The Kier molecular flexibility index (Phi) is 6.00. The quantitative estimate of drug-likeness (QED) is 0.605. The molecule has 0 unspecified atom stereocenters. The molecular weight excluding hydrogens is 370 g/mol. The van der Waals surface area contributed by atoms with Crippen LogP contribution in [0.3, 0.4) is 0 Å². The predicted molar refractivity (Wildman–Crippen MR) is 101 cm³/mol.